The van der Waals surface area contributed by atoms with Gasteiger partial charge in [0.15, 0.2) is 0 Å². The third kappa shape index (κ3) is 8.83. The van der Waals surface area contributed by atoms with Gasteiger partial charge in [-0.2, -0.15) is 0 Å². The number of methoxy groups -OCH3 is 1. The highest BCUT2D eigenvalue weighted by atomic mass is 35.5. The van der Waals surface area contributed by atoms with Crippen molar-refractivity contribution in [2.75, 3.05) is 30.8 Å². The van der Waals surface area contributed by atoms with E-state index in [1.165, 1.54) is 18.1 Å². The van der Waals surface area contributed by atoms with Gasteiger partial charge < -0.3 is 30.5 Å². The van der Waals surface area contributed by atoms with Crippen molar-refractivity contribution in [2.45, 2.75) is 114 Å². The lowest BCUT2D eigenvalue weighted by molar-refractivity contribution is -0.137. The van der Waals surface area contributed by atoms with Crippen LogP contribution in [-0.2, 0) is 26.3 Å². The van der Waals surface area contributed by atoms with Crippen molar-refractivity contribution in [1.29, 1.82) is 0 Å². The van der Waals surface area contributed by atoms with E-state index in [2.05, 4.69) is 53.9 Å². The van der Waals surface area contributed by atoms with E-state index < -0.39 is 35.1 Å². The van der Waals surface area contributed by atoms with Crippen LogP contribution < -0.4 is 26.0 Å². The minimum absolute atomic E-state index is 0.0282. The highest BCUT2D eigenvalue weighted by Gasteiger charge is 2.61. The molecule has 0 radical (unpaired) electrons. The van der Waals surface area contributed by atoms with Gasteiger partial charge in [-0.15, -0.1) is 0 Å². The predicted octanol–water partition coefficient (Wildman–Crippen LogP) is 8.59. The fourth-order valence-electron chi connectivity index (χ4n) is 11.2. The number of carbonyl (C=O) groups excluding carboxylic acids is 5. The lowest BCUT2D eigenvalue weighted by Gasteiger charge is -2.39. The number of hydrogen-bond donors (Lipinski definition) is 4. The van der Waals surface area contributed by atoms with Crippen molar-refractivity contribution in [3.05, 3.63) is 122 Å². The molecular weight excluding hydrogens is 907 g/mol. The second-order valence-electron chi connectivity index (χ2n) is 19.8. The molecule has 0 aromatic heterocycles. The zero-order valence-corrected chi connectivity index (χ0v) is 40.1. The molecule has 4 aromatic carbocycles. The number of benzene rings is 4. The number of amides is 5. The van der Waals surface area contributed by atoms with E-state index in [1.807, 2.05) is 29.2 Å². The van der Waals surface area contributed by atoms with Crippen LogP contribution in [0.5, 0.6) is 5.75 Å². The molecule has 3 fully saturated rings. The summed E-state index contributed by atoms with van der Waals surface area (Å²) in [4.78, 5) is 70.2. The Kier molecular flexibility index (Phi) is 13.1. The largest absolute Gasteiger partial charge is 0.495 e. The summed E-state index contributed by atoms with van der Waals surface area (Å²) in [5.74, 6) is 4.00. The van der Waals surface area contributed by atoms with E-state index in [-0.39, 0.29) is 65.5 Å². The third-order valence-electron chi connectivity index (χ3n) is 14.4. The van der Waals surface area contributed by atoms with Gasteiger partial charge in [-0.25, -0.2) is 4.39 Å². The first-order chi connectivity index (χ1) is 32.6. The van der Waals surface area contributed by atoms with E-state index in [4.69, 9.17) is 27.9 Å². The van der Waals surface area contributed by atoms with Crippen LogP contribution in [0.25, 0.3) is 0 Å². The van der Waals surface area contributed by atoms with E-state index in [1.54, 1.807) is 42.5 Å². The average Bonchev–Trinajstić information content (AvgIpc) is 3.96. The van der Waals surface area contributed by atoms with Gasteiger partial charge in [-0.3, -0.25) is 29.3 Å². The number of likely N-dealkylation sites (tertiary alicyclic amines) is 1. The number of ether oxygens (including phenoxy) is 1. The number of piperidine rings is 2. The number of carbonyl (C=O) groups is 5. The summed E-state index contributed by atoms with van der Waals surface area (Å²) in [5, 5.41) is 13.2. The zero-order chi connectivity index (χ0) is 48.1. The van der Waals surface area contributed by atoms with Crippen LogP contribution in [0.2, 0.25) is 10.0 Å². The highest BCUT2D eigenvalue weighted by molar-refractivity contribution is 6.31. The van der Waals surface area contributed by atoms with Crippen LogP contribution in [0.1, 0.15) is 121 Å². The van der Waals surface area contributed by atoms with E-state index in [0.29, 0.717) is 71.1 Å². The lowest BCUT2D eigenvalue weighted by atomic mass is 9.63. The molecule has 354 valence electrons. The zero-order valence-electron chi connectivity index (χ0n) is 38.6. The molecule has 15 heteroatoms. The number of fused-ring (bicyclic) bond motifs is 3. The van der Waals surface area contributed by atoms with Gasteiger partial charge >= 0.3 is 0 Å². The number of halogens is 3. The SMILES string of the molecule is COc1cc(C(=O)N2CCCC[C@H]2CCC#Cc2cccc3c2CN([C@@H]2CCC(=O)NC2=O)C3=O)ccc1NC(=O)[C@@H]1N[C@@H](CC(C)(C)C)[C@@]2(CNc3cc(Cl)ccc32)[C@H]1c1cccc(Cl)c1F. The monoisotopic (exact) mass is 960 g/mol. The maximum absolute atomic E-state index is 16.4. The van der Waals surface area contributed by atoms with Crippen molar-refractivity contribution >= 4 is 64.1 Å². The number of nitrogens with zero attached hydrogens (tertiary/aromatic N) is 2. The minimum Gasteiger partial charge on any atom is -0.495 e. The Morgan fingerprint density at radius 2 is 1.81 bits per heavy atom. The van der Waals surface area contributed by atoms with E-state index >= 15 is 4.39 Å². The standard InChI is InChI=1S/C53H55Cl2FN6O6/c1-52(2,3)27-43-53(29-57-40-26-32(54)19-20-37(40)53)45(35-16-10-17-38(55)46(35)56)47(59-43)49(65)58-39-21-18-31(25-42(39)68-4)50(66)61-24-8-7-14-33(61)13-6-5-11-30-12-9-15-34-36(30)28-62(51(34)67)41-22-23-44(63)60-48(41)64/h9-10,12,15-21,25-26,33,41,43,45,47,57,59H,6-8,13-14,22-24,27-29H2,1-4H3,(H,58,65)(H,60,63,64)/t33-,41-,43+,45+,47-,53+/m1/s1. The van der Waals surface area contributed by atoms with E-state index in [0.717, 1.165) is 36.1 Å². The van der Waals surface area contributed by atoms with Gasteiger partial charge in [0.25, 0.3) is 11.8 Å². The summed E-state index contributed by atoms with van der Waals surface area (Å²) in [7, 11) is 1.49. The summed E-state index contributed by atoms with van der Waals surface area (Å²) in [6, 6.07) is 19.1. The lowest BCUT2D eigenvalue weighted by Crippen LogP contribution is -2.52. The first kappa shape index (κ1) is 47.1. The first-order valence-electron chi connectivity index (χ1n) is 23.4. The Hall–Kier alpha value is -5.94. The van der Waals surface area contributed by atoms with Crippen molar-refractivity contribution in [3.63, 3.8) is 0 Å². The topological polar surface area (TPSA) is 149 Å². The van der Waals surface area contributed by atoms with Crippen LogP contribution in [0.4, 0.5) is 15.8 Å². The molecular formula is C53H55Cl2FN6O6. The molecule has 4 N–H and O–H groups in total. The van der Waals surface area contributed by atoms with Gasteiger partial charge in [-0.1, -0.05) is 80.1 Å². The average molecular weight is 962 g/mol. The molecule has 68 heavy (non-hydrogen) atoms. The quantitative estimate of drug-likeness (QED) is 0.0964. The summed E-state index contributed by atoms with van der Waals surface area (Å²) >= 11 is 12.9. The van der Waals surface area contributed by atoms with Crippen molar-refractivity contribution in [2.24, 2.45) is 5.41 Å². The van der Waals surface area contributed by atoms with Gasteiger partial charge in [0.1, 0.15) is 17.6 Å². The smallest absolute Gasteiger partial charge is 0.255 e. The molecule has 4 aromatic rings. The van der Waals surface area contributed by atoms with Gasteiger partial charge in [-0.05, 0) is 109 Å². The fraction of sp³-hybridized carbons (Fsp3) is 0.415. The van der Waals surface area contributed by atoms with Crippen molar-refractivity contribution < 1.29 is 33.1 Å². The van der Waals surface area contributed by atoms with E-state index in [9.17, 15) is 24.0 Å². The molecule has 5 heterocycles. The Bertz CT molecular complexity index is 2780. The third-order valence-corrected chi connectivity index (χ3v) is 14.9. The number of imide groups is 1. The molecule has 0 bridgehead atoms. The second-order valence-corrected chi connectivity index (χ2v) is 20.6. The van der Waals surface area contributed by atoms with Crippen molar-refractivity contribution in [3.8, 4) is 17.6 Å². The Morgan fingerprint density at radius 3 is 2.59 bits per heavy atom. The molecule has 0 aliphatic carbocycles. The molecule has 5 aliphatic heterocycles. The molecule has 1 spiro atoms. The summed E-state index contributed by atoms with van der Waals surface area (Å²) in [6.07, 6.45) is 4.96. The normalized spacial score (nSPS) is 24.2. The molecule has 0 unspecified atom stereocenters. The number of hydrogen-bond acceptors (Lipinski definition) is 8. The summed E-state index contributed by atoms with van der Waals surface area (Å²) in [5.41, 5.74) is 3.97. The predicted molar refractivity (Wildman–Crippen MR) is 259 cm³/mol. The van der Waals surface area contributed by atoms with Gasteiger partial charge in [0, 0.05) is 83.3 Å². The Labute approximate surface area is 406 Å². The fourth-order valence-corrected chi connectivity index (χ4v) is 11.6. The minimum atomic E-state index is -0.903. The van der Waals surface area contributed by atoms with Crippen LogP contribution in [-0.4, -0.2) is 83.7 Å². The van der Waals surface area contributed by atoms with Gasteiger partial charge in [0.05, 0.1) is 23.9 Å². The van der Waals surface area contributed by atoms with Crippen LogP contribution in [0.15, 0.2) is 72.8 Å². The number of rotatable bonds is 9. The highest BCUT2D eigenvalue weighted by Crippen LogP contribution is 2.57. The maximum atomic E-state index is 16.4. The number of nitrogens with one attached hydrogen (secondary N) is 4. The van der Waals surface area contributed by atoms with Crippen LogP contribution in [0, 0.1) is 23.1 Å². The maximum Gasteiger partial charge on any atom is 0.255 e. The second kappa shape index (κ2) is 18.9. The number of anilines is 2. The first-order valence-corrected chi connectivity index (χ1v) is 24.1. The van der Waals surface area contributed by atoms with Crippen LogP contribution >= 0.6 is 23.2 Å². The van der Waals surface area contributed by atoms with Crippen LogP contribution in [0.3, 0.4) is 0 Å². The van der Waals surface area contributed by atoms with Crippen molar-refractivity contribution in [1.82, 2.24) is 20.4 Å². The molecule has 0 saturated carbocycles. The molecule has 12 nitrogen and oxygen atoms in total. The molecule has 9 rings (SSSR count). The molecule has 3 saturated heterocycles. The van der Waals surface area contributed by atoms with Gasteiger partial charge in [0.2, 0.25) is 17.7 Å². The Balaban J connectivity index is 0.922. The molecule has 5 aliphatic rings. The summed E-state index contributed by atoms with van der Waals surface area (Å²) < 4.78 is 22.2. The summed E-state index contributed by atoms with van der Waals surface area (Å²) in [6.45, 7) is 7.70. The molecule has 5 amide bonds. The Morgan fingerprint density at radius 1 is 1.00 bits per heavy atom. The molecule has 6 atom stereocenters.